The van der Waals surface area contributed by atoms with Crippen molar-refractivity contribution in [1.29, 1.82) is 0 Å². The molecule has 3 rings (SSSR count). The number of ether oxygens (including phenoxy) is 1. The van der Waals surface area contributed by atoms with Crippen LogP contribution in [0.25, 0.3) is 0 Å². The van der Waals surface area contributed by atoms with Crippen LogP contribution in [-0.2, 0) is 10.3 Å². The number of methoxy groups -OCH3 is 1. The van der Waals surface area contributed by atoms with Gasteiger partial charge in [0.2, 0.25) is 0 Å². The van der Waals surface area contributed by atoms with E-state index < -0.39 is 0 Å². The number of aromatic nitrogens is 2. The van der Waals surface area contributed by atoms with Crippen LogP contribution >= 0.6 is 0 Å². The first-order valence-electron chi connectivity index (χ1n) is 5.94. The average molecular weight is 219 g/mol. The molecule has 0 aliphatic heterocycles. The molecule has 0 amide bonds. The first-order chi connectivity index (χ1) is 7.73. The lowest BCUT2D eigenvalue weighted by Crippen LogP contribution is -2.38. The third-order valence-corrected chi connectivity index (χ3v) is 3.72. The van der Waals surface area contributed by atoms with Gasteiger partial charge in [0.15, 0.2) is 5.82 Å². The lowest BCUT2D eigenvalue weighted by atomic mass is 9.79. The molecule has 16 heavy (non-hydrogen) atoms. The Morgan fingerprint density at radius 1 is 1.38 bits per heavy atom. The van der Waals surface area contributed by atoms with Gasteiger partial charge in [-0.2, -0.15) is 0 Å². The van der Waals surface area contributed by atoms with Crippen molar-refractivity contribution in [2.24, 2.45) is 0 Å². The summed E-state index contributed by atoms with van der Waals surface area (Å²) in [6.07, 6.45) is 5.67. The minimum absolute atomic E-state index is 0.251. The monoisotopic (exact) mass is 219 g/mol. The van der Waals surface area contributed by atoms with Crippen LogP contribution in [0.3, 0.4) is 0 Å². The van der Waals surface area contributed by atoms with Crippen LogP contribution in [0.4, 0.5) is 5.82 Å². The Kier molecular flexibility index (Phi) is 2.14. The molecule has 0 aromatic carbocycles. The second kappa shape index (κ2) is 3.42. The zero-order chi connectivity index (χ0) is 11.2. The minimum Gasteiger partial charge on any atom is -0.384 e. The van der Waals surface area contributed by atoms with Crippen molar-refractivity contribution in [3.05, 3.63) is 17.6 Å². The smallest absolute Gasteiger partial charge is 0.162 e. The summed E-state index contributed by atoms with van der Waals surface area (Å²) < 4.78 is 5.59. The molecular weight excluding hydrogens is 202 g/mol. The van der Waals surface area contributed by atoms with Gasteiger partial charge >= 0.3 is 0 Å². The van der Waals surface area contributed by atoms with Crippen LogP contribution < -0.4 is 5.73 Å². The van der Waals surface area contributed by atoms with Crippen molar-refractivity contribution < 1.29 is 4.74 Å². The molecular formula is C12H17N3O. The van der Waals surface area contributed by atoms with Crippen molar-refractivity contribution in [2.45, 2.75) is 43.6 Å². The molecule has 1 heterocycles. The quantitative estimate of drug-likeness (QED) is 0.844. The largest absolute Gasteiger partial charge is 0.384 e. The molecule has 0 bridgehead atoms. The van der Waals surface area contributed by atoms with Crippen molar-refractivity contribution in [3.8, 4) is 0 Å². The predicted molar refractivity (Wildman–Crippen MR) is 61.0 cm³/mol. The van der Waals surface area contributed by atoms with Crippen LogP contribution in [0.15, 0.2) is 6.07 Å². The Hall–Kier alpha value is -1.16. The summed E-state index contributed by atoms with van der Waals surface area (Å²) in [6.45, 7) is 0. The minimum atomic E-state index is -0.251. The highest BCUT2D eigenvalue weighted by atomic mass is 16.5. The highest BCUT2D eigenvalue weighted by molar-refractivity contribution is 5.34. The van der Waals surface area contributed by atoms with E-state index in [9.17, 15) is 0 Å². The normalized spacial score (nSPS) is 22.8. The maximum Gasteiger partial charge on any atom is 0.162 e. The molecule has 0 saturated heterocycles. The van der Waals surface area contributed by atoms with Gasteiger partial charge in [0, 0.05) is 24.8 Å². The lowest BCUT2D eigenvalue weighted by molar-refractivity contribution is -0.0846. The molecule has 2 saturated carbocycles. The first-order valence-corrected chi connectivity index (χ1v) is 5.94. The molecule has 2 aliphatic rings. The van der Waals surface area contributed by atoms with Crippen LogP contribution in [0, 0.1) is 0 Å². The highest BCUT2D eigenvalue weighted by Gasteiger charge is 2.42. The van der Waals surface area contributed by atoms with Crippen molar-refractivity contribution in [1.82, 2.24) is 9.97 Å². The number of nitrogen functional groups attached to an aromatic ring is 1. The molecule has 2 aliphatic carbocycles. The summed E-state index contributed by atoms with van der Waals surface area (Å²) in [7, 11) is 1.74. The third-order valence-electron chi connectivity index (χ3n) is 3.72. The summed E-state index contributed by atoms with van der Waals surface area (Å²) in [5, 5.41) is 0. The van der Waals surface area contributed by atoms with E-state index in [0.717, 1.165) is 24.4 Å². The van der Waals surface area contributed by atoms with Gasteiger partial charge in [0.05, 0.1) is 0 Å². The van der Waals surface area contributed by atoms with Gasteiger partial charge in [-0.25, -0.2) is 9.97 Å². The van der Waals surface area contributed by atoms with E-state index in [2.05, 4.69) is 9.97 Å². The van der Waals surface area contributed by atoms with Gasteiger partial charge in [-0.1, -0.05) is 0 Å². The Labute approximate surface area is 95.2 Å². The van der Waals surface area contributed by atoms with E-state index in [-0.39, 0.29) is 5.60 Å². The summed E-state index contributed by atoms with van der Waals surface area (Å²) in [4.78, 5) is 9.00. The summed E-state index contributed by atoms with van der Waals surface area (Å²) in [5.41, 5.74) is 6.70. The second-order valence-corrected chi connectivity index (χ2v) is 4.87. The van der Waals surface area contributed by atoms with Crippen LogP contribution in [0.2, 0.25) is 0 Å². The van der Waals surface area contributed by atoms with E-state index >= 15 is 0 Å². The Morgan fingerprint density at radius 3 is 2.62 bits per heavy atom. The van der Waals surface area contributed by atoms with Crippen LogP contribution in [0.1, 0.15) is 49.5 Å². The van der Waals surface area contributed by atoms with Crippen LogP contribution in [0.5, 0.6) is 0 Å². The van der Waals surface area contributed by atoms with Crippen LogP contribution in [-0.4, -0.2) is 17.1 Å². The molecule has 1 aromatic heterocycles. The molecule has 4 nitrogen and oxygen atoms in total. The Balaban J connectivity index is 1.99. The number of nitrogens with two attached hydrogens (primary N) is 1. The zero-order valence-electron chi connectivity index (χ0n) is 9.57. The molecule has 2 fully saturated rings. The summed E-state index contributed by atoms with van der Waals surface area (Å²) in [6, 6.07) is 1.91. The Bertz CT molecular complexity index is 405. The maximum atomic E-state index is 5.85. The molecule has 0 radical (unpaired) electrons. The van der Waals surface area contributed by atoms with E-state index in [1.807, 2.05) is 6.07 Å². The predicted octanol–water partition coefficient (Wildman–Crippen LogP) is 1.96. The average Bonchev–Trinajstić information content (AvgIpc) is 2.99. The van der Waals surface area contributed by atoms with Crippen molar-refractivity contribution >= 4 is 5.82 Å². The van der Waals surface area contributed by atoms with Gasteiger partial charge in [-0.3, -0.25) is 0 Å². The van der Waals surface area contributed by atoms with Crippen molar-refractivity contribution in [3.63, 3.8) is 0 Å². The van der Waals surface area contributed by atoms with Gasteiger partial charge in [0.25, 0.3) is 0 Å². The fraction of sp³-hybridized carbons (Fsp3) is 0.667. The number of hydrogen-bond donors (Lipinski definition) is 1. The van der Waals surface area contributed by atoms with Gasteiger partial charge in [-0.05, 0) is 32.1 Å². The maximum absolute atomic E-state index is 5.85. The SMILES string of the molecule is COC1(c2nc(N)cc(C3CC3)n2)CCC1. The molecule has 0 atom stereocenters. The lowest BCUT2D eigenvalue weighted by Gasteiger charge is -2.38. The number of rotatable bonds is 3. The number of anilines is 1. The standard InChI is InChI=1S/C12H17N3O/c1-16-12(5-2-6-12)11-14-9(8-3-4-8)7-10(13)15-11/h7-8H,2-6H2,1H3,(H2,13,14,15). The fourth-order valence-electron chi connectivity index (χ4n) is 2.29. The fourth-order valence-corrected chi connectivity index (χ4v) is 2.29. The summed E-state index contributed by atoms with van der Waals surface area (Å²) in [5.74, 6) is 1.98. The van der Waals surface area contributed by atoms with E-state index in [1.165, 1.54) is 19.3 Å². The van der Waals surface area contributed by atoms with Gasteiger partial charge < -0.3 is 10.5 Å². The summed E-state index contributed by atoms with van der Waals surface area (Å²) >= 11 is 0. The second-order valence-electron chi connectivity index (χ2n) is 4.87. The van der Waals surface area contributed by atoms with Crippen molar-refractivity contribution in [2.75, 3.05) is 12.8 Å². The molecule has 1 aromatic rings. The Morgan fingerprint density at radius 2 is 2.12 bits per heavy atom. The van der Waals surface area contributed by atoms with E-state index in [0.29, 0.717) is 11.7 Å². The molecule has 4 heteroatoms. The van der Waals surface area contributed by atoms with Gasteiger partial charge in [-0.15, -0.1) is 0 Å². The van der Waals surface area contributed by atoms with Gasteiger partial charge in [0.1, 0.15) is 11.4 Å². The third kappa shape index (κ3) is 1.48. The molecule has 86 valence electrons. The number of hydrogen-bond acceptors (Lipinski definition) is 4. The topological polar surface area (TPSA) is 61.0 Å². The molecule has 0 spiro atoms. The molecule has 2 N–H and O–H groups in total. The molecule has 0 unspecified atom stereocenters. The van der Waals surface area contributed by atoms with E-state index in [4.69, 9.17) is 10.5 Å². The zero-order valence-corrected chi connectivity index (χ0v) is 9.57. The van der Waals surface area contributed by atoms with E-state index in [1.54, 1.807) is 7.11 Å². The first kappa shape index (κ1) is 10.0. The number of nitrogens with zero attached hydrogens (tertiary/aromatic N) is 2. The highest BCUT2D eigenvalue weighted by Crippen LogP contribution is 2.45.